The van der Waals surface area contributed by atoms with Crippen LogP contribution in [0, 0.1) is 11.8 Å². The Bertz CT molecular complexity index is 246. The summed E-state index contributed by atoms with van der Waals surface area (Å²) in [5.41, 5.74) is 6.06. The molecule has 0 aromatic carbocycles. The fourth-order valence-corrected chi connectivity index (χ4v) is 2.55. The third-order valence-electron chi connectivity index (χ3n) is 3.89. The monoisotopic (exact) mass is 256 g/mol. The van der Waals surface area contributed by atoms with Gasteiger partial charge in [0, 0.05) is 19.2 Å². The van der Waals surface area contributed by atoms with E-state index < -0.39 is 0 Å². The van der Waals surface area contributed by atoms with Gasteiger partial charge in [-0.2, -0.15) is 0 Å². The van der Waals surface area contributed by atoms with Crippen LogP contribution in [0.25, 0.3) is 0 Å². The SMILES string of the molecule is CC(CO)CCCNC(=O)C1CCCCCC1N. The van der Waals surface area contributed by atoms with Gasteiger partial charge in [0.1, 0.15) is 0 Å². The number of amides is 1. The highest BCUT2D eigenvalue weighted by molar-refractivity contribution is 5.79. The van der Waals surface area contributed by atoms with Crippen LogP contribution in [0.4, 0.5) is 0 Å². The number of hydrogen-bond acceptors (Lipinski definition) is 3. The highest BCUT2D eigenvalue weighted by Gasteiger charge is 2.26. The molecule has 0 saturated heterocycles. The first-order chi connectivity index (χ1) is 8.65. The van der Waals surface area contributed by atoms with Crippen LogP contribution in [0.15, 0.2) is 0 Å². The molecule has 1 aliphatic carbocycles. The molecule has 3 atom stereocenters. The van der Waals surface area contributed by atoms with Crippen molar-refractivity contribution in [3.05, 3.63) is 0 Å². The lowest BCUT2D eigenvalue weighted by Crippen LogP contribution is -2.41. The molecule has 0 bridgehead atoms. The quantitative estimate of drug-likeness (QED) is 0.497. The number of aliphatic hydroxyl groups is 1. The van der Waals surface area contributed by atoms with Crippen molar-refractivity contribution < 1.29 is 9.90 Å². The first-order valence-electron chi connectivity index (χ1n) is 7.29. The maximum Gasteiger partial charge on any atom is 0.224 e. The van der Waals surface area contributed by atoms with Gasteiger partial charge in [-0.25, -0.2) is 0 Å². The first-order valence-corrected chi connectivity index (χ1v) is 7.29. The number of rotatable bonds is 6. The van der Waals surface area contributed by atoms with Gasteiger partial charge in [0.2, 0.25) is 5.91 Å². The van der Waals surface area contributed by atoms with E-state index in [2.05, 4.69) is 5.32 Å². The number of carbonyl (C=O) groups excluding carboxylic acids is 1. The Hall–Kier alpha value is -0.610. The molecule has 1 aliphatic rings. The zero-order valence-electron chi connectivity index (χ0n) is 11.5. The normalized spacial score (nSPS) is 26.4. The summed E-state index contributed by atoms with van der Waals surface area (Å²) in [4.78, 5) is 12.0. The summed E-state index contributed by atoms with van der Waals surface area (Å²) in [5, 5.41) is 11.9. The van der Waals surface area contributed by atoms with Crippen molar-refractivity contribution in [2.45, 2.75) is 57.9 Å². The van der Waals surface area contributed by atoms with Crippen molar-refractivity contribution in [2.75, 3.05) is 13.2 Å². The number of nitrogens with one attached hydrogen (secondary N) is 1. The third-order valence-corrected chi connectivity index (χ3v) is 3.89. The smallest absolute Gasteiger partial charge is 0.224 e. The van der Waals surface area contributed by atoms with Crippen molar-refractivity contribution in [3.63, 3.8) is 0 Å². The standard InChI is InChI=1S/C14H28N2O2/c1-11(10-17)6-5-9-16-14(18)12-7-3-2-4-8-13(12)15/h11-13,17H,2-10,15H2,1H3,(H,16,18). The Morgan fingerprint density at radius 2 is 2.11 bits per heavy atom. The third kappa shape index (κ3) is 5.36. The second-order valence-corrected chi connectivity index (χ2v) is 5.63. The van der Waals surface area contributed by atoms with E-state index in [9.17, 15) is 4.79 Å². The van der Waals surface area contributed by atoms with E-state index in [1.54, 1.807) is 0 Å². The van der Waals surface area contributed by atoms with Gasteiger partial charge in [0.05, 0.1) is 5.92 Å². The summed E-state index contributed by atoms with van der Waals surface area (Å²) < 4.78 is 0. The summed E-state index contributed by atoms with van der Waals surface area (Å²) >= 11 is 0. The molecule has 1 fully saturated rings. The summed E-state index contributed by atoms with van der Waals surface area (Å²) in [6.45, 7) is 2.94. The Morgan fingerprint density at radius 3 is 2.83 bits per heavy atom. The molecule has 18 heavy (non-hydrogen) atoms. The number of hydrogen-bond donors (Lipinski definition) is 3. The van der Waals surface area contributed by atoms with Crippen LogP contribution in [0.2, 0.25) is 0 Å². The van der Waals surface area contributed by atoms with Crippen molar-refractivity contribution in [3.8, 4) is 0 Å². The average Bonchev–Trinajstić information content (AvgIpc) is 2.58. The van der Waals surface area contributed by atoms with E-state index in [0.717, 1.165) is 38.5 Å². The molecule has 0 aromatic heterocycles. The molecule has 1 rings (SSSR count). The van der Waals surface area contributed by atoms with E-state index in [0.29, 0.717) is 12.5 Å². The van der Waals surface area contributed by atoms with Crippen molar-refractivity contribution in [1.29, 1.82) is 0 Å². The van der Waals surface area contributed by atoms with Crippen LogP contribution in [-0.4, -0.2) is 30.2 Å². The van der Waals surface area contributed by atoms with Gasteiger partial charge in [-0.15, -0.1) is 0 Å². The Balaban J connectivity index is 2.22. The molecular formula is C14H28N2O2. The summed E-state index contributed by atoms with van der Waals surface area (Å²) in [6, 6.07) is 0.0314. The van der Waals surface area contributed by atoms with E-state index >= 15 is 0 Å². The number of aliphatic hydroxyl groups excluding tert-OH is 1. The van der Waals surface area contributed by atoms with Crippen LogP contribution in [0.5, 0.6) is 0 Å². The van der Waals surface area contributed by atoms with Crippen LogP contribution in [0.3, 0.4) is 0 Å². The van der Waals surface area contributed by atoms with Crippen molar-refractivity contribution in [2.24, 2.45) is 17.6 Å². The second kappa shape index (κ2) is 8.48. The van der Waals surface area contributed by atoms with Gasteiger partial charge in [0.25, 0.3) is 0 Å². The van der Waals surface area contributed by atoms with Crippen LogP contribution >= 0.6 is 0 Å². The molecular weight excluding hydrogens is 228 g/mol. The predicted molar refractivity (Wildman–Crippen MR) is 73.0 cm³/mol. The van der Waals surface area contributed by atoms with Crippen molar-refractivity contribution >= 4 is 5.91 Å². The minimum Gasteiger partial charge on any atom is -0.396 e. The van der Waals surface area contributed by atoms with Crippen LogP contribution in [0.1, 0.15) is 51.9 Å². The largest absolute Gasteiger partial charge is 0.396 e. The van der Waals surface area contributed by atoms with Gasteiger partial charge in [-0.3, -0.25) is 4.79 Å². The predicted octanol–water partition coefficient (Wildman–Crippen LogP) is 1.42. The maximum absolute atomic E-state index is 12.0. The summed E-state index contributed by atoms with van der Waals surface area (Å²) in [6.07, 6.45) is 7.25. The Kier molecular flexibility index (Phi) is 7.28. The van der Waals surface area contributed by atoms with Crippen LogP contribution in [-0.2, 0) is 4.79 Å². The fourth-order valence-electron chi connectivity index (χ4n) is 2.55. The Morgan fingerprint density at radius 1 is 1.39 bits per heavy atom. The molecule has 4 N–H and O–H groups in total. The van der Waals surface area contributed by atoms with Gasteiger partial charge >= 0.3 is 0 Å². The number of nitrogens with two attached hydrogens (primary N) is 1. The average molecular weight is 256 g/mol. The highest BCUT2D eigenvalue weighted by atomic mass is 16.3. The highest BCUT2D eigenvalue weighted by Crippen LogP contribution is 2.22. The first kappa shape index (κ1) is 15.4. The zero-order valence-corrected chi connectivity index (χ0v) is 11.5. The molecule has 3 unspecified atom stereocenters. The fraction of sp³-hybridized carbons (Fsp3) is 0.929. The van der Waals surface area contributed by atoms with Gasteiger partial charge < -0.3 is 16.2 Å². The molecule has 0 radical (unpaired) electrons. The summed E-state index contributed by atoms with van der Waals surface area (Å²) in [5.74, 6) is 0.450. The van der Waals surface area contributed by atoms with Crippen LogP contribution < -0.4 is 11.1 Å². The van der Waals surface area contributed by atoms with E-state index in [-0.39, 0.29) is 24.5 Å². The minimum atomic E-state index is 0.00256. The molecule has 0 heterocycles. The topological polar surface area (TPSA) is 75.3 Å². The molecule has 4 heteroatoms. The maximum atomic E-state index is 12.0. The second-order valence-electron chi connectivity index (χ2n) is 5.63. The Labute approximate surface area is 110 Å². The molecule has 0 aliphatic heterocycles. The molecule has 1 amide bonds. The molecule has 0 spiro atoms. The molecule has 1 saturated carbocycles. The van der Waals surface area contributed by atoms with Gasteiger partial charge in [0.15, 0.2) is 0 Å². The lowest BCUT2D eigenvalue weighted by molar-refractivity contribution is -0.125. The minimum absolute atomic E-state index is 0.00256. The van der Waals surface area contributed by atoms with E-state index in [1.807, 2.05) is 6.92 Å². The van der Waals surface area contributed by atoms with E-state index in [4.69, 9.17) is 10.8 Å². The van der Waals surface area contributed by atoms with Gasteiger partial charge in [-0.1, -0.05) is 26.2 Å². The van der Waals surface area contributed by atoms with Gasteiger partial charge in [-0.05, 0) is 31.6 Å². The zero-order chi connectivity index (χ0) is 13.4. The molecule has 4 nitrogen and oxygen atoms in total. The summed E-state index contributed by atoms with van der Waals surface area (Å²) in [7, 11) is 0. The molecule has 0 aromatic rings. The van der Waals surface area contributed by atoms with E-state index in [1.165, 1.54) is 6.42 Å². The lowest BCUT2D eigenvalue weighted by atomic mass is 9.94. The van der Waals surface area contributed by atoms with Crippen molar-refractivity contribution in [1.82, 2.24) is 5.32 Å². The molecule has 106 valence electrons. The number of carbonyl (C=O) groups is 1. The lowest BCUT2D eigenvalue weighted by Gasteiger charge is -2.20.